The summed E-state index contributed by atoms with van der Waals surface area (Å²) in [5, 5.41) is 10.1. The molecule has 0 saturated carbocycles. The van der Waals surface area contributed by atoms with E-state index in [0.717, 1.165) is 11.1 Å². The minimum atomic E-state index is -0.00404. The molecule has 0 fully saturated rings. The molecule has 0 N–H and O–H groups in total. The minimum absolute atomic E-state index is 0.00404. The summed E-state index contributed by atoms with van der Waals surface area (Å²) in [6, 6.07) is 17.0. The number of carbonyl (C=O) groups excluding carboxylic acids is 2. The third-order valence-corrected chi connectivity index (χ3v) is 7.35. The van der Waals surface area contributed by atoms with E-state index in [4.69, 9.17) is 0 Å². The van der Waals surface area contributed by atoms with Crippen molar-refractivity contribution in [2.75, 3.05) is 11.5 Å². The smallest absolute Gasteiger partial charge is 0.173 e. The Labute approximate surface area is 182 Å². The lowest BCUT2D eigenvalue weighted by atomic mass is 10.1. The van der Waals surface area contributed by atoms with E-state index >= 15 is 0 Å². The number of aromatic nitrogens is 1. The Kier molecular flexibility index (Phi) is 7.26. The van der Waals surface area contributed by atoms with E-state index in [0.29, 0.717) is 25.9 Å². The number of thioether (sulfide) groups is 2. The van der Waals surface area contributed by atoms with Crippen molar-refractivity contribution < 1.29 is 9.59 Å². The first-order valence-corrected chi connectivity index (χ1v) is 11.6. The van der Waals surface area contributed by atoms with Gasteiger partial charge in [0.25, 0.3) is 0 Å². The molecule has 0 radical (unpaired) electrons. The van der Waals surface area contributed by atoms with Crippen LogP contribution in [-0.2, 0) is 0 Å². The molecule has 0 unspecified atom stereocenters. The lowest BCUT2D eigenvalue weighted by molar-refractivity contribution is 0.101. The minimum Gasteiger partial charge on any atom is -0.293 e. The van der Waals surface area contributed by atoms with E-state index in [2.05, 4.69) is 10.4 Å². The number of hydrogen-bond donors (Lipinski definition) is 0. The van der Waals surface area contributed by atoms with Gasteiger partial charge in [-0.3, -0.25) is 9.59 Å². The van der Waals surface area contributed by atoms with Crippen LogP contribution >= 0.6 is 35.1 Å². The highest BCUT2D eigenvalue weighted by Crippen LogP contribution is 2.34. The first-order valence-electron chi connectivity index (χ1n) is 8.83. The molecule has 1 heterocycles. The zero-order valence-electron chi connectivity index (χ0n) is 16.0. The monoisotopic (exact) mass is 438 g/mol. The van der Waals surface area contributed by atoms with E-state index in [-0.39, 0.29) is 23.1 Å². The van der Waals surface area contributed by atoms with E-state index < -0.39 is 0 Å². The molecule has 0 saturated heterocycles. The van der Waals surface area contributed by atoms with Gasteiger partial charge in [-0.2, -0.15) is 9.64 Å². The largest absolute Gasteiger partial charge is 0.293 e. The Morgan fingerprint density at radius 1 is 0.897 bits per heavy atom. The first kappa shape index (κ1) is 21.3. The summed E-state index contributed by atoms with van der Waals surface area (Å²) in [6.45, 7) is 3.95. The number of rotatable bonds is 8. The van der Waals surface area contributed by atoms with Crippen LogP contribution < -0.4 is 0 Å². The number of nitrogens with zero attached hydrogens (tertiary/aromatic N) is 2. The quantitative estimate of drug-likeness (QED) is 0.338. The number of aryl methyl sites for hydroxylation is 2. The summed E-state index contributed by atoms with van der Waals surface area (Å²) in [5.74, 6) is 0.465. The maximum atomic E-state index is 12.4. The number of nitriles is 1. The Hall–Kier alpha value is -2.40. The predicted molar refractivity (Wildman–Crippen MR) is 119 cm³/mol. The highest BCUT2D eigenvalue weighted by atomic mass is 32.2. The predicted octanol–water partition coefficient (Wildman–Crippen LogP) is 5.58. The number of hydrogen-bond acceptors (Lipinski definition) is 7. The molecule has 0 amide bonds. The fourth-order valence-electron chi connectivity index (χ4n) is 2.46. The number of Topliss-reactive ketones (excluding diaryl/α,β-unsaturated/α-hetero) is 2. The van der Waals surface area contributed by atoms with Crippen LogP contribution in [0.1, 0.15) is 37.4 Å². The molecule has 0 bridgehead atoms. The van der Waals surface area contributed by atoms with E-state index in [1.807, 2.05) is 62.4 Å². The van der Waals surface area contributed by atoms with Gasteiger partial charge in [0, 0.05) is 11.1 Å². The average molecular weight is 439 g/mol. The van der Waals surface area contributed by atoms with Gasteiger partial charge in [0.05, 0.1) is 11.5 Å². The zero-order valence-corrected chi connectivity index (χ0v) is 18.4. The van der Waals surface area contributed by atoms with Gasteiger partial charge >= 0.3 is 0 Å². The van der Waals surface area contributed by atoms with Crippen molar-refractivity contribution >= 4 is 46.6 Å². The fraction of sp³-hybridized carbons (Fsp3) is 0.182. The molecule has 29 heavy (non-hydrogen) atoms. The van der Waals surface area contributed by atoms with Crippen LogP contribution in [0.25, 0.3) is 0 Å². The number of benzene rings is 2. The molecular weight excluding hydrogens is 420 g/mol. The Bertz CT molecular complexity index is 986. The maximum Gasteiger partial charge on any atom is 0.173 e. The molecule has 3 aromatic rings. The second kappa shape index (κ2) is 9.88. The SMILES string of the molecule is Cc1ccc(C(=O)CSc2nsc(SCC(=O)c3ccc(C)cc3)c2C#N)cc1. The van der Waals surface area contributed by atoms with Crippen molar-refractivity contribution in [2.45, 2.75) is 23.1 Å². The molecule has 2 aromatic carbocycles. The molecular formula is C22H18N2O2S3. The lowest BCUT2D eigenvalue weighted by Gasteiger charge is -2.02. The third-order valence-electron chi connectivity index (χ3n) is 4.16. The van der Waals surface area contributed by atoms with Gasteiger partial charge in [-0.25, -0.2) is 0 Å². The van der Waals surface area contributed by atoms with E-state index in [1.54, 1.807) is 0 Å². The maximum absolute atomic E-state index is 12.4. The van der Waals surface area contributed by atoms with Crippen LogP contribution in [0.2, 0.25) is 0 Å². The zero-order chi connectivity index (χ0) is 20.8. The average Bonchev–Trinajstić information content (AvgIpc) is 3.13. The molecule has 146 valence electrons. The van der Waals surface area contributed by atoms with E-state index in [9.17, 15) is 14.9 Å². The third kappa shape index (κ3) is 5.57. The van der Waals surface area contributed by atoms with Gasteiger partial charge in [0.1, 0.15) is 20.9 Å². The summed E-state index contributed by atoms with van der Waals surface area (Å²) in [7, 11) is 0. The molecule has 1 aromatic heterocycles. The van der Waals surface area contributed by atoms with Crippen LogP contribution in [0.4, 0.5) is 0 Å². The molecule has 0 aliphatic heterocycles. The van der Waals surface area contributed by atoms with Gasteiger partial charge in [-0.1, -0.05) is 71.4 Å². The van der Waals surface area contributed by atoms with Gasteiger partial charge in [0.15, 0.2) is 11.6 Å². The highest BCUT2D eigenvalue weighted by molar-refractivity contribution is 8.02. The summed E-state index contributed by atoms with van der Waals surface area (Å²) in [6.07, 6.45) is 0. The van der Waals surface area contributed by atoms with E-state index in [1.165, 1.54) is 35.1 Å². The molecule has 3 rings (SSSR count). The lowest BCUT2D eigenvalue weighted by Crippen LogP contribution is -2.02. The van der Waals surface area contributed by atoms with Gasteiger partial charge < -0.3 is 0 Å². The van der Waals surface area contributed by atoms with Crippen molar-refractivity contribution in [3.05, 3.63) is 76.3 Å². The second-order valence-electron chi connectivity index (χ2n) is 6.42. The summed E-state index contributed by atoms with van der Waals surface area (Å²) < 4.78 is 5.03. The molecule has 0 aliphatic rings. The topological polar surface area (TPSA) is 70.8 Å². The molecule has 0 aliphatic carbocycles. The second-order valence-corrected chi connectivity index (χ2v) is 9.40. The van der Waals surface area contributed by atoms with Gasteiger partial charge in [-0.05, 0) is 25.4 Å². The first-order chi connectivity index (χ1) is 14.0. The Morgan fingerprint density at radius 3 is 1.86 bits per heavy atom. The van der Waals surface area contributed by atoms with Crippen molar-refractivity contribution in [3.63, 3.8) is 0 Å². The number of ketones is 2. The molecule has 4 nitrogen and oxygen atoms in total. The highest BCUT2D eigenvalue weighted by Gasteiger charge is 2.18. The van der Waals surface area contributed by atoms with Crippen molar-refractivity contribution in [1.29, 1.82) is 5.26 Å². The molecule has 7 heteroatoms. The summed E-state index contributed by atoms with van der Waals surface area (Å²) in [5.41, 5.74) is 3.95. The Balaban J connectivity index is 1.61. The molecule has 0 spiro atoms. The van der Waals surface area contributed by atoms with Gasteiger partial charge in [0.2, 0.25) is 0 Å². The van der Waals surface area contributed by atoms with Crippen LogP contribution in [0.5, 0.6) is 0 Å². The Morgan fingerprint density at radius 2 is 1.38 bits per heavy atom. The van der Waals surface area contributed by atoms with Crippen LogP contribution in [0.3, 0.4) is 0 Å². The van der Waals surface area contributed by atoms with Crippen LogP contribution in [-0.4, -0.2) is 27.4 Å². The normalized spacial score (nSPS) is 10.5. The van der Waals surface area contributed by atoms with Crippen molar-refractivity contribution in [3.8, 4) is 6.07 Å². The standard InChI is InChI=1S/C22H18N2O2S3/c1-14-3-7-16(8-4-14)19(25)12-27-21-18(11-23)22(29-24-21)28-13-20(26)17-9-5-15(2)6-10-17/h3-10H,12-13H2,1-2H3. The van der Waals surface area contributed by atoms with Crippen molar-refractivity contribution in [2.24, 2.45) is 0 Å². The number of carbonyl (C=O) groups is 2. The fourth-order valence-corrected chi connectivity index (χ4v) is 5.35. The van der Waals surface area contributed by atoms with Gasteiger partial charge in [-0.15, -0.1) is 11.8 Å². The summed E-state index contributed by atoms with van der Waals surface area (Å²) in [4.78, 5) is 24.7. The van der Waals surface area contributed by atoms with Crippen molar-refractivity contribution in [1.82, 2.24) is 4.37 Å². The molecule has 0 atom stereocenters. The summed E-state index contributed by atoms with van der Waals surface area (Å²) >= 11 is 3.77. The van der Waals surface area contributed by atoms with Crippen LogP contribution in [0.15, 0.2) is 57.8 Å². The van der Waals surface area contributed by atoms with Crippen LogP contribution in [0, 0.1) is 25.2 Å².